The van der Waals surface area contributed by atoms with Crippen molar-refractivity contribution in [1.82, 2.24) is 24.4 Å². The van der Waals surface area contributed by atoms with Crippen molar-refractivity contribution >= 4 is 5.82 Å². The summed E-state index contributed by atoms with van der Waals surface area (Å²) in [4.78, 5) is 15.5. The van der Waals surface area contributed by atoms with Crippen molar-refractivity contribution in [1.29, 1.82) is 0 Å². The van der Waals surface area contributed by atoms with Gasteiger partial charge in [0, 0.05) is 51.3 Å². The predicted octanol–water partition coefficient (Wildman–Crippen LogP) is 1.53. The van der Waals surface area contributed by atoms with E-state index in [4.69, 9.17) is 0 Å². The second kappa shape index (κ2) is 5.68. The van der Waals surface area contributed by atoms with E-state index in [2.05, 4.69) is 31.4 Å². The maximum atomic E-state index is 4.45. The molecule has 0 unspecified atom stereocenters. The third-order valence-electron chi connectivity index (χ3n) is 4.97. The van der Waals surface area contributed by atoms with E-state index in [-0.39, 0.29) is 0 Å². The molecule has 0 bridgehead atoms. The number of hydrogen-bond donors (Lipinski definition) is 1. The van der Waals surface area contributed by atoms with Gasteiger partial charge in [0.25, 0.3) is 0 Å². The monoisotopic (exact) mass is 298 g/mol. The number of anilines is 1. The molecule has 4 rings (SSSR count). The third-order valence-corrected chi connectivity index (χ3v) is 4.97. The summed E-state index contributed by atoms with van der Waals surface area (Å²) >= 11 is 0. The Labute approximate surface area is 130 Å². The molecule has 1 aliphatic heterocycles. The largest absolute Gasteiger partial charge is 0.366 e. The standard InChI is InChI=1S/C16H22N6/c1-21-8-13(19-11-21)9-22-7-12-2-3-15(14(12)10-22)20-16-6-17-4-5-18-16/h4-6,8,11-12,14-15H,2-3,7,9-10H2,1H3,(H,18,20)/t12-,14+,15-/m1/s1. The molecule has 2 aliphatic rings. The number of imidazole rings is 1. The van der Waals surface area contributed by atoms with Gasteiger partial charge in [0.05, 0.1) is 18.2 Å². The molecule has 1 saturated carbocycles. The summed E-state index contributed by atoms with van der Waals surface area (Å²) in [5.41, 5.74) is 1.17. The van der Waals surface area contributed by atoms with Crippen molar-refractivity contribution in [3.8, 4) is 0 Å². The van der Waals surface area contributed by atoms with Crippen LogP contribution in [-0.4, -0.2) is 43.6 Å². The molecular weight excluding hydrogens is 276 g/mol. The number of aromatic nitrogens is 4. The summed E-state index contributed by atoms with van der Waals surface area (Å²) in [7, 11) is 2.02. The third kappa shape index (κ3) is 2.70. The quantitative estimate of drug-likeness (QED) is 0.927. The second-order valence-corrected chi connectivity index (χ2v) is 6.57. The van der Waals surface area contributed by atoms with Crippen molar-refractivity contribution in [2.24, 2.45) is 18.9 Å². The second-order valence-electron chi connectivity index (χ2n) is 6.57. The van der Waals surface area contributed by atoms with Gasteiger partial charge < -0.3 is 9.88 Å². The van der Waals surface area contributed by atoms with Gasteiger partial charge >= 0.3 is 0 Å². The molecular formula is C16H22N6. The summed E-state index contributed by atoms with van der Waals surface area (Å²) in [5.74, 6) is 2.42. The summed E-state index contributed by atoms with van der Waals surface area (Å²) in [5, 5.41) is 3.58. The van der Waals surface area contributed by atoms with Gasteiger partial charge in [-0.3, -0.25) is 9.88 Å². The molecule has 116 valence electrons. The topological polar surface area (TPSA) is 58.9 Å². The summed E-state index contributed by atoms with van der Waals surface area (Å²) in [6.45, 7) is 3.31. The zero-order valence-corrected chi connectivity index (χ0v) is 12.9. The van der Waals surface area contributed by atoms with Crippen molar-refractivity contribution in [2.75, 3.05) is 18.4 Å². The summed E-state index contributed by atoms with van der Waals surface area (Å²) < 4.78 is 2.02. The highest BCUT2D eigenvalue weighted by Gasteiger charge is 2.42. The first kappa shape index (κ1) is 13.7. The van der Waals surface area contributed by atoms with Gasteiger partial charge in [-0.25, -0.2) is 9.97 Å². The molecule has 22 heavy (non-hydrogen) atoms. The van der Waals surface area contributed by atoms with Crippen molar-refractivity contribution in [2.45, 2.75) is 25.4 Å². The Balaban J connectivity index is 1.38. The van der Waals surface area contributed by atoms with Gasteiger partial charge in [0.15, 0.2) is 0 Å². The van der Waals surface area contributed by atoms with Gasteiger partial charge in [-0.2, -0.15) is 0 Å². The molecule has 0 amide bonds. The minimum Gasteiger partial charge on any atom is -0.366 e. The summed E-state index contributed by atoms with van der Waals surface area (Å²) in [6, 6.07) is 0.524. The Morgan fingerprint density at radius 1 is 1.23 bits per heavy atom. The van der Waals surface area contributed by atoms with E-state index in [1.54, 1.807) is 12.4 Å². The lowest BCUT2D eigenvalue weighted by atomic mass is 9.98. The molecule has 1 N–H and O–H groups in total. The van der Waals surface area contributed by atoms with E-state index in [9.17, 15) is 0 Å². The lowest BCUT2D eigenvalue weighted by Gasteiger charge is -2.21. The smallest absolute Gasteiger partial charge is 0.144 e. The van der Waals surface area contributed by atoms with Crippen LogP contribution in [0.3, 0.4) is 0 Å². The van der Waals surface area contributed by atoms with Crippen molar-refractivity contribution in [3.05, 3.63) is 36.8 Å². The van der Waals surface area contributed by atoms with E-state index < -0.39 is 0 Å². The van der Waals surface area contributed by atoms with Crippen molar-refractivity contribution < 1.29 is 0 Å². The van der Waals surface area contributed by atoms with Crippen molar-refractivity contribution in [3.63, 3.8) is 0 Å². The summed E-state index contributed by atoms with van der Waals surface area (Å²) in [6.07, 6.45) is 11.8. The van der Waals surface area contributed by atoms with E-state index in [1.165, 1.54) is 25.1 Å². The molecule has 0 aromatic carbocycles. The predicted molar refractivity (Wildman–Crippen MR) is 84.1 cm³/mol. The van der Waals surface area contributed by atoms with Crippen LogP contribution in [0.1, 0.15) is 18.5 Å². The number of nitrogens with zero attached hydrogens (tertiary/aromatic N) is 5. The van der Waals surface area contributed by atoms with Crippen LogP contribution in [0.25, 0.3) is 0 Å². The number of fused-ring (bicyclic) bond motifs is 1. The number of nitrogens with one attached hydrogen (secondary N) is 1. The molecule has 2 aromatic heterocycles. The van der Waals surface area contributed by atoms with Gasteiger partial charge in [-0.15, -0.1) is 0 Å². The highest BCUT2D eigenvalue weighted by atomic mass is 15.2. The molecule has 1 saturated heterocycles. The lowest BCUT2D eigenvalue weighted by molar-refractivity contribution is 0.297. The van der Waals surface area contributed by atoms with Gasteiger partial charge in [-0.05, 0) is 24.7 Å². The maximum absolute atomic E-state index is 4.45. The zero-order valence-electron chi connectivity index (χ0n) is 12.9. The Morgan fingerprint density at radius 2 is 2.18 bits per heavy atom. The highest BCUT2D eigenvalue weighted by Crippen LogP contribution is 2.39. The first-order valence-corrected chi connectivity index (χ1v) is 7.99. The SMILES string of the molecule is Cn1cnc(CN2C[C@H]3CC[C@@H](Nc4cnccn4)[C@H]3C2)c1. The Morgan fingerprint density at radius 3 is 2.95 bits per heavy atom. The fourth-order valence-corrected chi connectivity index (χ4v) is 4.01. The lowest BCUT2D eigenvalue weighted by Crippen LogP contribution is -2.30. The first-order valence-electron chi connectivity index (χ1n) is 7.99. The minimum absolute atomic E-state index is 0.524. The van der Waals surface area contributed by atoms with E-state index in [0.29, 0.717) is 12.0 Å². The van der Waals surface area contributed by atoms with Crippen LogP contribution in [0.5, 0.6) is 0 Å². The number of aryl methyl sites for hydroxylation is 1. The Bertz CT molecular complexity index is 625. The molecule has 2 aromatic rings. The Hall–Kier alpha value is -1.95. The number of hydrogen-bond acceptors (Lipinski definition) is 5. The molecule has 6 nitrogen and oxygen atoms in total. The fourth-order valence-electron chi connectivity index (χ4n) is 4.01. The maximum Gasteiger partial charge on any atom is 0.144 e. The minimum atomic E-state index is 0.524. The van der Waals surface area contributed by atoms with E-state index >= 15 is 0 Å². The fraction of sp³-hybridized carbons (Fsp3) is 0.562. The van der Waals surface area contributed by atoms with E-state index in [1.807, 2.05) is 24.1 Å². The van der Waals surface area contributed by atoms with Crippen LogP contribution in [0, 0.1) is 11.8 Å². The van der Waals surface area contributed by atoms with E-state index in [0.717, 1.165) is 24.8 Å². The van der Waals surface area contributed by atoms with Crippen LogP contribution >= 0.6 is 0 Å². The number of rotatable bonds is 4. The van der Waals surface area contributed by atoms with Gasteiger partial charge in [0.2, 0.25) is 0 Å². The zero-order chi connectivity index (χ0) is 14.9. The highest BCUT2D eigenvalue weighted by molar-refractivity contribution is 5.32. The molecule has 1 aliphatic carbocycles. The van der Waals surface area contributed by atoms with Gasteiger partial charge in [-0.1, -0.05) is 0 Å². The van der Waals surface area contributed by atoms with Crippen LogP contribution in [-0.2, 0) is 13.6 Å². The first-order chi connectivity index (χ1) is 10.8. The molecule has 3 atom stereocenters. The normalized spacial score (nSPS) is 28.0. The van der Waals surface area contributed by atoms with Crippen LogP contribution < -0.4 is 5.32 Å². The molecule has 2 fully saturated rings. The molecule has 0 radical (unpaired) electrons. The Kier molecular flexibility index (Phi) is 3.54. The number of likely N-dealkylation sites (tertiary alicyclic amines) is 1. The molecule has 6 heteroatoms. The average Bonchev–Trinajstić information content (AvgIpc) is 3.19. The van der Waals surface area contributed by atoms with Crippen LogP contribution in [0.2, 0.25) is 0 Å². The van der Waals surface area contributed by atoms with Crippen LogP contribution in [0.15, 0.2) is 31.1 Å². The van der Waals surface area contributed by atoms with Crippen LogP contribution in [0.4, 0.5) is 5.82 Å². The molecule has 0 spiro atoms. The van der Waals surface area contributed by atoms with Gasteiger partial charge in [0.1, 0.15) is 5.82 Å². The average molecular weight is 298 g/mol. The molecule has 3 heterocycles.